The molecule has 0 amide bonds. The van der Waals surface area contributed by atoms with E-state index in [0.29, 0.717) is 0 Å². The van der Waals surface area contributed by atoms with Crippen molar-refractivity contribution in [1.29, 1.82) is 0 Å². The zero-order chi connectivity index (χ0) is 8.41. The van der Waals surface area contributed by atoms with E-state index in [-0.39, 0.29) is 31.0 Å². The van der Waals surface area contributed by atoms with Crippen LogP contribution in [0.2, 0.25) is 0 Å². The van der Waals surface area contributed by atoms with E-state index in [1.54, 1.807) is 0 Å². The van der Waals surface area contributed by atoms with Crippen LogP contribution in [0, 0.1) is 0 Å². The predicted molar refractivity (Wildman–Crippen MR) is 39.4 cm³/mol. The summed E-state index contributed by atoms with van der Waals surface area (Å²) in [5, 5.41) is 0. The molecule has 0 aliphatic carbocycles. The number of hydrogen-bond donors (Lipinski definition) is 2. The zero-order valence-corrected chi connectivity index (χ0v) is 10.7. The smallest absolute Gasteiger partial charge is 1.00 e. The summed E-state index contributed by atoms with van der Waals surface area (Å²) in [6, 6.07) is 0. The third-order valence-electron chi connectivity index (χ3n) is 0.396. The third kappa shape index (κ3) is 14.8. The minimum Gasteiger partial charge on any atom is -1.00 e. The van der Waals surface area contributed by atoms with Crippen LogP contribution in [0.1, 0.15) is 1.43 Å². The molecule has 0 aliphatic heterocycles. The largest absolute Gasteiger partial charge is 1.00 e. The molecule has 11 heavy (non-hydrogen) atoms. The number of rotatable bonds is 2. The molecular weight excluding hydrogens is 248 g/mol. The fourth-order valence-corrected chi connectivity index (χ4v) is 0.911. The Hall–Kier alpha value is 1.98. The average Bonchev–Trinajstić information content (AvgIpc) is 1.57. The Bertz CT molecular complexity index is 157. The van der Waals surface area contributed by atoms with E-state index in [0.717, 1.165) is 0 Å². The molecule has 0 rings (SSSR count). The van der Waals surface area contributed by atoms with Gasteiger partial charge in [0.1, 0.15) is 6.61 Å². The van der Waals surface area contributed by atoms with Crippen molar-refractivity contribution in [2.24, 2.45) is 0 Å². The van der Waals surface area contributed by atoms with Crippen LogP contribution in [-0.4, -0.2) is 20.2 Å². The van der Waals surface area contributed by atoms with Crippen LogP contribution in [-0.2, 0) is 9.09 Å². The van der Waals surface area contributed by atoms with Crippen molar-refractivity contribution < 1.29 is 49.9 Å². The molecule has 0 aromatic heterocycles. The molecule has 0 atom stereocenters. The quantitative estimate of drug-likeness (QED) is 0.360. The maximum absolute atomic E-state index is 9.97. The second-order valence-corrected chi connectivity index (χ2v) is 5.13. The van der Waals surface area contributed by atoms with Crippen LogP contribution in [0.25, 0.3) is 0 Å². The fraction of sp³-hybridized carbons (Fsp3) is 1.00. The SMILES string of the molecule is O=P(O)(O)OCC(Cl)(Cl)Cl.[H-].[Na+]. The summed E-state index contributed by atoms with van der Waals surface area (Å²) in [4.78, 5) is 16.2. The first-order valence-electron chi connectivity index (χ1n) is 1.97. The van der Waals surface area contributed by atoms with Gasteiger partial charge in [0.2, 0.25) is 3.79 Å². The van der Waals surface area contributed by atoms with E-state index in [9.17, 15) is 4.57 Å². The Morgan fingerprint density at radius 1 is 1.45 bits per heavy atom. The molecule has 0 radical (unpaired) electrons. The van der Waals surface area contributed by atoms with Crippen LogP contribution in [0.4, 0.5) is 0 Å². The molecule has 64 valence electrons. The van der Waals surface area contributed by atoms with E-state index in [2.05, 4.69) is 4.52 Å². The Morgan fingerprint density at radius 2 is 1.82 bits per heavy atom. The Kier molecular flexibility index (Phi) is 7.95. The monoisotopic (exact) mass is 252 g/mol. The van der Waals surface area contributed by atoms with Gasteiger partial charge < -0.3 is 11.2 Å². The standard InChI is InChI=1S/C2H4Cl3O4P.Na.H/c3-2(4,5)1-9-10(6,7)8;;/h1H2,(H2,6,7,8);;/q;+1;-1. The number of hydrogen-bond acceptors (Lipinski definition) is 2. The van der Waals surface area contributed by atoms with Crippen LogP contribution in [0.15, 0.2) is 0 Å². The molecule has 0 aliphatic rings. The van der Waals surface area contributed by atoms with Crippen molar-refractivity contribution in [1.82, 2.24) is 0 Å². The van der Waals surface area contributed by atoms with Gasteiger partial charge in [0.25, 0.3) is 0 Å². The van der Waals surface area contributed by atoms with Crippen LogP contribution in [0.3, 0.4) is 0 Å². The van der Waals surface area contributed by atoms with Gasteiger partial charge in [0.15, 0.2) is 0 Å². The Labute approximate surface area is 102 Å². The number of alkyl halides is 3. The number of phosphoric acid groups is 1. The molecule has 0 aromatic carbocycles. The first-order chi connectivity index (χ1) is 4.21. The Balaban J connectivity index is -0.000000405. The van der Waals surface area contributed by atoms with Crippen molar-refractivity contribution in [2.75, 3.05) is 6.61 Å². The molecule has 0 spiro atoms. The minimum atomic E-state index is -4.52. The molecule has 0 saturated carbocycles. The second-order valence-electron chi connectivity index (χ2n) is 1.38. The minimum absolute atomic E-state index is 0. The second kappa shape index (κ2) is 5.66. The van der Waals surface area contributed by atoms with Gasteiger partial charge in [0, 0.05) is 0 Å². The summed E-state index contributed by atoms with van der Waals surface area (Å²) in [6.45, 7) is -0.637. The topological polar surface area (TPSA) is 66.8 Å². The van der Waals surface area contributed by atoms with Crippen LogP contribution < -0.4 is 29.6 Å². The summed E-state index contributed by atoms with van der Waals surface area (Å²) in [5.74, 6) is 0. The molecule has 0 unspecified atom stereocenters. The van der Waals surface area contributed by atoms with Crippen molar-refractivity contribution in [3.8, 4) is 0 Å². The molecule has 9 heteroatoms. The van der Waals surface area contributed by atoms with Crippen molar-refractivity contribution in [3.63, 3.8) is 0 Å². The van der Waals surface area contributed by atoms with Gasteiger partial charge in [-0.25, -0.2) is 4.57 Å². The van der Waals surface area contributed by atoms with Gasteiger partial charge in [-0.05, 0) is 0 Å². The molecule has 0 heterocycles. The molecule has 4 nitrogen and oxygen atoms in total. The summed E-state index contributed by atoms with van der Waals surface area (Å²) in [5.41, 5.74) is 0. The van der Waals surface area contributed by atoms with Crippen molar-refractivity contribution in [2.45, 2.75) is 3.79 Å². The maximum atomic E-state index is 9.97. The maximum Gasteiger partial charge on any atom is 1.00 e. The summed E-state index contributed by atoms with van der Waals surface area (Å²) >= 11 is 15.3. The summed E-state index contributed by atoms with van der Waals surface area (Å²) < 4.78 is 12.0. The van der Waals surface area contributed by atoms with Crippen LogP contribution >= 0.6 is 42.6 Å². The average molecular weight is 253 g/mol. The molecule has 2 N–H and O–H groups in total. The number of phosphoric ester groups is 1. The van der Waals surface area contributed by atoms with E-state index in [1.807, 2.05) is 0 Å². The molecule has 0 saturated heterocycles. The first-order valence-corrected chi connectivity index (χ1v) is 4.64. The summed E-state index contributed by atoms with van der Waals surface area (Å²) in [7, 11) is -4.52. The van der Waals surface area contributed by atoms with E-state index < -0.39 is 18.2 Å². The van der Waals surface area contributed by atoms with Crippen molar-refractivity contribution in [3.05, 3.63) is 0 Å². The first kappa shape index (κ1) is 15.5. The summed E-state index contributed by atoms with van der Waals surface area (Å²) in [6.07, 6.45) is 0. The predicted octanol–water partition coefficient (Wildman–Crippen LogP) is -1.42. The Morgan fingerprint density at radius 3 is 1.91 bits per heavy atom. The van der Waals surface area contributed by atoms with Gasteiger partial charge >= 0.3 is 37.4 Å². The van der Waals surface area contributed by atoms with Gasteiger partial charge in [-0.1, -0.05) is 34.8 Å². The van der Waals surface area contributed by atoms with Gasteiger partial charge in [-0.3, -0.25) is 4.52 Å². The van der Waals surface area contributed by atoms with E-state index >= 15 is 0 Å². The number of halogens is 3. The fourth-order valence-electron chi connectivity index (χ4n) is 0.157. The van der Waals surface area contributed by atoms with Gasteiger partial charge in [-0.2, -0.15) is 0 Å². The molecular formula is C2H5Cl3NaO4P. The van der Waals surface area contributed by atoms with Gasteiger partial charge in [0.05, 0.1) is 0 Å². The van der Waals surface area contributed by atoms with Gasteiger partial charge in [-0.15, -0.1) is 0 Å². The van der Waals surface area contributed by atoms with Crippen molar-refractivity contribution >= 4 is 42.6 Å². The molecule has 0 aromatic rings. The van der Waals surface area contributed by atoms with E-state index in [1.165, 1.54) is 0 Å². The molecule has 0 bridgehead atoms. The zero-order valence-electron chi connectivity index (χ0n) is 6.50. The van der Waals surface area contributed by atoms with E-state index in [4.69, 9.17) is 44.6 Å². The third-order valence-corrected chi connectivity index (χ3v) is 1.19. The normalized spacial score (nSPS) is 12.5. The van der Waals surface area contributed by atoms with Crippen LogP contribution in [0.5, 0.6) is 0 Å². The molecule has 0 fully saturated rings.